The first-order valence-corrected chi connectivity index (χ1v) is 13.2. The topological polar surface area (TPSA) is 79.0 Å². The quantitative estimate of drug-likeness (QED) is 0.484. The summed E-state index contributed by atoms with van der Waals surface area (Å²) in [5, 5.41) is 0. The summed E-state index contributed by atoms with van der Waals surface area (Å²) < 4.78 is 33.8. The maximum absolute atomic E-state index is 12.7. The van der Waals surface area contributed by atoms with E-state index in [4.69, 9.17) is 4.74 Å². The van der Waals surface area contributed by atoms with Gasteiger partial charge in [0.15, 0.2) is 0 Å². The highest BCUT2D eigenvalue weighted by molar-refractivity contribution is 9.10. The second kappa shape index (κ2) is 10.5. The predicted molar refractivity (Wildman–Crippen MR) is 137 cm³/mol. The van der Waals surface area contributed by atoms with Gasteiger partial charge in [-0.2, -0.15) is 0 Å². The number of hydrogen-bond donors (Lipinski definition) is 1. The lowest BCUT2D eigenvalue weighted by molar-refractivity contribution is -0.130. The predicted octanol–water partition coefficient (Wildman–Crippen LogP) is 4.15. The van der Waals surface area contributed by atoms with Gasteiger partial charge in [0, 0.05) is 42.0 Å². The molecule has 3 aromatic rings. The van der Waals surface area contributed by atoms with Gasteiger partial charge in [-0.3, -0.25) is 9.52 Å². The highest BCUT2D eigenvalue weighted by atomic mass is 79.9. The van der Waals surface area contributed by atoms with Crippen molar-refractivity contribution in [1.82, 2.24) is 4.90 Å². The maximum atomic E-state index is 12.7. The molecule has 0 spiro atoms. The Balaban J connectivity index is 1.31. The lowest BCUT2D eigenvalue weighted by Crippen LogP contribution is -2.49. The number of anilines is 2. The minimum Gasteiger partial charge on any atom is -0.497 e. The van der Waals surface area contributed by atoms with E-state index in [0.717, 1.165) is 34.6 Å². The Morgan fingerprint density at radius 3 is 2.12 bits per heavy atom. The molecular weight excluding hydrogens is 518 g/mol. The third-order valence-corrected chi connectivity index (χ3v) is 7.68. The standard InChI is InChI=1S/C25H26BrN3O4S/c1-33-23-10-2-19(3-11-23)18-25(30)29-16-14-28(15-17-29)22-8-6-21(7-9-22)27-34(31,32)24-12-4-20(26)5-13-24/h2-13,27H,14-18H2,1H3. The van der Waals surface area contributed by atoms with Crippen molar-refractivity contribution in [3.8, 4) is 5.75 Å². The van der Waals surface area contributed by atoms with Gasteiger partial charge in [-0.1, -0.05) is 28.1 Å². The molecule has 1 N–H and O–H groups in total. The van der Waals surface area contributed by atoms with Gasteiger partial charge in [0.1, 0.15) is 5.75 Å². The molecule has 1 saturated heterocycles. The fourth-order valence-electron chi connectivity index (χ4n) is 3.81. The van der Waals surface area contributed by atoms with Gasteiger partial charge in [0.2, 0.25) is 5.91 Å². The number of ether oxygens (including phenoxy) is 1. The van der Waals surface area contributed by atoms with Crippen LogP contribution in [0.4, 0.5) is 11.4 Å². The number of hydrogen-bond acceptors (Lipinski definition) is 5. The highest BCUT2D eigenvalue weighted by Crippen LogP contribution is 2.23. The van der Waals surface area contributed by atoms with Gasteiger partial charge in [0.25, 0.3) is 10.0 Å². The summed E-state index contributed by atoms with van der Waals surface area (Å²) in [5.74, 6) is 0.888. The zero-order chi connectivity index (χ0) is 24.1. The van der Waals surface area contributed by atoms with Crippen LogP contribution in [0.1, 0.15) is 5.56 Å². The lowest BCUT2D eigenvalue weighted by atomic mass is 10.1. The SMILES string of the molecule is COc1ccc(CC(=O)N2CCN(c3ccc(NS(=O)(=O)c4ccc(Br)cc4)cc3)CC2)cc1. The Morgan fingerprint density at radius 2 is 1.53 bits per heavy atom. The largest absolute Gasteiger partial charge is 0.497 e. The van der Waals surface area contributed by atoms with E-state index < -0.39 is 10.0 Å². The normalized spacial score (nSPS) is 14.1. The molecular formula is C25H26BrN3O4S. The molecule has 178 valence electrons. The lowest BCUT2D eigenvalue weighted by Gasteiger charge is -2.36. The molecule has 3 aromatic carbocycles. The molecule has 9 heteroatoms. The second-order valence-electron chi connectivity index (χ2n) is 8.00. The van der Waals surface area contributed by atoms with Crippen molar-refractivity contribution < 1.29 is 17.9 Å². The number of amides is 1. The van der Waals surface area contributed by atoms with Crippen molar-refractivity contribution in [2.45, 2.75) is 11.3 Å². The molecule has 4 rings (SSSR count). The van der Waals surface area contributed by atoms with E-state index in [1.807, 2.05) is 41.3 Å². The van der Waals surface area contributed by atoms with E-state index in [9.17, 15) is 13.2 Å². The molecule has 0 saturated carbocycles. The molecule has 1 amide bonds. The van der Waals surface area contributed by atoms with Gasteiger partial charge < -0.3 is 14.5 Å². The first-order valence-electron chi connectivity index (χ1n) is 10.9. The molecule has 1 heterocycles. The van der Waals surface area contributed by atoms with E-state index in [2.05, 4.69) is 25.6 Å². The first kappa shape index (κ1) is 24.1. The van der Waals surface area contributed by atoms with Crippen LogP contribution in [0.25, 0.3) is 0 Å². The van der Waals surface area contributed by atoms with Crippen LogP contribution in [-0.2, 0) is 21.2 Å². The Labute approximate surface area is 208 Å². The number of carbonyl (C=O) groups is 1. The molecule has 1 aliphatic rings. The minimum atomic E-state index is -3.65. The molecule has 0 aromatic heterocycles. The van der Waals surface area contributed by atoms with E-state index in [0.29, 0.717) is 25.2 Å². The van der Waals surface area contributed by atoms with Gasteiger partial charge in [-0.05, 0) is 66.2 Å². The summed E-state index contributed by atoms with van der Waals surface area (Å²) in [4.78, 5) is 17.0. The van der Waals surface area contributed by atoms with Crippen LogP contribution in [0.15, 0.2) is 82.2 Å². The Bertz CT molecular complexity index is 1220. The fraction of sp³-hybridized carbons (Fsp3) is 0.240. The molecule has 0 radical (unpaired) electrons. The van der Waals surface area contributed by atoms with E-state index in [1.54, 1.807) is 43.5 Å². The molecule has 1 fully saturated rings. The monoisotopic (exact) mass is 543 g/mol. The molecule has 0 aliphatic carbocycles. The summed E-state index contributed by atoms with van der Waals surface area (Å²) >= 11 is 3.31. The van der Waals surface area contributed by atoms with Gasteiger partial charge in [-0.25, -0.2) is 8.42 Å². The number of halogens is 1. The molecule has 7 nitrogen and oxygen atoms in total. The Kier molecular flexibility index (Phi) is 7.43. The van der Waals surface area contributed by atoms with Crippen molar-refractivity contribution in [1.29, 1.82) is 0 Å². The van der Waals surface area contributed by atoms with Crippen molar-refractivity contribution in [2.24, 2.45) is 0 Å². The number of sulfonamides is 1. The van der Waals surface area contributed by atoms with Gasteiger partial charge >= 0.3 is 0 Å². The van der Waals surface area contributed by atoms with Crippen LogP contribution in [0.5, 0.6) is 5.75 Å². The van der Waals surface area contributed by atoms with Crippen LogP contribution >= 0.6 is 15.9 Å². The van der Waals surface area contributed by atoms with E-state index in [1.165, 1.54) is 0 Å². The third kappa shape index (κ3) is 5.90. The number of nitrogens with one attached hydrogen (secondary N) is 1. The summed E-state index contributed by atoms with van der Waals surface area (Å²) in [5.41, 5.74) is 2.46. The molecule has 0 unspecified atom stereocenters. The number of rotatable bonds is 7. The average Bonchev–Trinajstić information content (AvgIpc) is 2.85. The van der Waals surface area contributed by atoms with Gasteiger partial charge in [-0.15, -0.1) is 0 Å². The summed E-state index contributed by atoms with van der Waals surface area (Å²) in [6.45, 7) is 2.73. The van der Waals surface area contributed by atoms with Crippen molar-refractivity contribution >= 4 is 43.2 Å². The number of nitrogens with zero attached hydrogens (tertiary/aromatic N) is 2. The summed E-state index contributed by atoms with van der Waals surface area (Å²) in [6.07, 6.45) is 0.372. The van der Waals surface area contributed by atoms with Crippen molar-refractivity contribution in [3.05, 3.63) is 82.8 Å². The van der Waals surface area contributed by atoms with Crippen LogP contribution in [0, 0.1) is 0 Å². The summed E-state index contributed by atoms with van der Waals surface area (Å²) in [7, 11) is -2.03. The fourth-order valence-corrected chi connectivity index (χ4v) is 5.13. The van der Waals surface area contributed by atoms with Crippen molar-refractivity contribution in [3.63, 3.8) is 0 Å². The average molecular weight is 544 g/mol. The van der Waals surface area contributed by atoms with E-state index >= 15 is 0 Å². The van der Waals surface area contributed by atoms with Crippen LogP contribution in [0.3, 0.4) is 0 Å². The molecule has 0 bridgehead atoms. The Morgan fingerprint density at radius 1 is 0.912 bits per heavy atom. The number of methoxy groups -OCH3 is 1. The smallest absolute Gasteiger partial charge is 0.261 e. The second-order valence-corrected chi connectivity index (χ2v) is 10.6. The van der Waals surface area contributed by atoms with Crippen LogP contribution in [-0.4, -0.2) is 52.5 Å². The van der Waals surface area contributed by atoms with E-state index in [-0.39, 0.29) is 10.8 Å². The first-order chi connectivity index (χ1) is 16.3. The number of piperazine rings is 1. The van der Waals surface area contributed by atoms with Gasteiger partial charge in [0.05, 0.1) is 18.4 Å². The molecule has 1 aliphatic heterocycles. The highest BCUT2D eigenvalue weighted by Gasteiger charge is 2.22. The maximum Gasteiger partial charge on any atom is 0.261 e. The van der Waals surface area contributed by atoms with Crippen molar-refractivity contribution in [2.75, 3.05) is 42.9 Å². The van der Waals surface area contributed by atoms with Crippen LogP contribution in [0.2, 0.25) is 0 Å². The zero-order valence-electron chi connectivity index (χ0n) is 18.8. The minimum absolute atomic E-state index is 0.113. The zero-order valence-corrected chi connectivity index (χ0v) is 21.2. The van der Waals surface area contributed by atoms with Crippen LogP contribution < -0.4 is 14.4 Å². The summed E-state index contributed by atoms with van der Waals surface area (Å²) in [6, 6.07) is 21.4. The molecule has 34 heavy (non-hydrogen) atoms. The Hall–Kier alpha value is -3.04. The number of carbonyl (C=O) groups excluding carboxylic acids is 1. The number of benzene rings is 3. The molecule has 0 atom stereocenters. The third-order valence-electron chi connectivity index (χ3n) is 5.76.